The van der Waals surface area contributed by atoms with Gasteiger partial charge in [-0.25, -0.2) is 8.42 Å². The zero-order valence-corrected chi connectivity index (χ0v) is 19.7. The summed E-state index contributed by atoms with van der Waals surface area (Å²) in [7, 11) is -2.17. The average molecular weight is 465 g/mol. The number of hydrogen-bond donors (Lipinski definition) is 1. The van der Waals surface area contributed by atoms with Crippen molar-refractivity contribution in [2.45, 2.75) is 29.9 Å². The van der Waals surface area contributed by atoms with Gasteiger partial charge >= 0.3 is 0 Å². The van der Waals surface area contributed by atoms with Crippen LogP contribution in [0.2, 0.25) is 0 Å². The quantitative estimate of drug-likeness (QED) is 0.469. The van der Waals surface area contributed by atoms with Crippen molar-refractivity contribution < 1.29 is 17.9 Å². The summed E-state index contributed by atoms with van der Waals surface area (Å²) >= 11 is 0. The summed E-state index contributed by atoms with van der Waals surface area (Å²) < 4.78 is 32.0. The van der Waals surface area contributed by atoms with Gasteiger partial charge in [0.15, 0.2) is 9.84 Å². The number of nitrogens with one attached hydrogen (secondary N) is 1. The van der Waals surface area contributed by atoms with E-state index in [1.165, 1.54) is 12.3 Å². The number of carbonyl (C=O) groups is 1. The van der Waals surface area contributed by atoms with Crippen molar-refractivity contribution in [3.8, 4) is 5.75 Å². The van der Waals surface area contributed by atoms with Crippen molar-refractivity contribution in [2.24, 2.45) is 0 Å². The van der Waals surface area contributed by atoms with Crippen LogP contribution >= 0.6 is 0 Å². The van der Waals surface area contributed by atoms with Gasteiger partial charge in [0.2, 0.25) is 5.91 Å². The summed E-state index contributed by atoms with van der Waals surface area (Å²) in [5, 5.41) is 1.76. The number of amides is 1. The molecular weight excluding hydrogens is 436 g/mol. The predicted octanol–water partition coefficient (Wildman–Crippen LogP) is 4.56. The summed E-state index contributed by atoms with van der Waals surface area (Å²) in [6, 6.07) is 17.5. The number of pyridine rings is 1. The maximum Gasteiger partial charge on any atom is 0.244 e. The summed E-state index contributed by atoms with van der Waals surface area (Å²) in [6.45, 7) is 4.03. The molecule has 172 valence electrons. The lowest BCUT2D eigenvalue weighted by Crippen LogP contribution is -2.31. The highest BCUT2D eigenvalue weighted by atomic mass is 32.2. The van der Waals surface area contributed by atoms with Gasteiger partial charge in [0.1, 0.15) is 11.0 Å². The summed E-state index contributed by atoms with van der Waals surface area (Å²) in [4.78, 5) is 16.7. The highest BCUT2D eigenvalue weighted by Crippen LogP contribution is 2.29. The summed E-state index contributed by atoms with van der Waals surface area (Å²) in [5.41, 5.74) is 2.40. The first-order valence-corrected chi connectivity index (χ1v) is 12.2. The predicted molar refractivity (Wildman–Crippen MR) is 130 cm³/mol. The maximum atomic E-state index is 13.5. The van der Waals surface area contributed by atoms with E-state index in [-0.39, 0.29) is 17.3 Å². The smallest absolute Gasteiger partial charge is 0.244 e. The van der Waals surface area contributed by atoms with Crippen molar-refractivity contribution in [3.05, 3.63) is 95.8 Å². The lowest BCUT2D eigenvalue weighted by atomic mass is 10.0. The standard InChI is InChI=1S/C26H28N2O4S/c1-19(2)21-9-13-24(14-10-21)33(30,31)25(22-5-4-16-27-17-22)18-28-26(29)15-8-20-6-11-23(32-3)12-7-20/h4-17,19,25H,18H2,1-3H3,(H,28,29)/b15-8+. The van der Waals surface area contributed by atoms with Gasteiger partial charge < -0.3 is 10.1 Å². The first kappa shape index (κ1) is 24.2. The Morgan fingerprint density at radius 2 is 1.73 bits per heavy atom. The normalized spacial score (nSPS) is 12.6. The molecule has 0 saturated carbocycles. The number of rotatable bonds is 9. The molecule has 0 saturated heterocycles. The Bertz CT molecular complexity index is 1190. The van der Waals surface area contributed by atoms with E-state index in [1.807, 2.05) is 24.3 Å². The number of aromatic nitrogens is 1. The number of benzene rings is 2. The van der Waals surface area contributed by atoms with Crippen molar-refractivity contribution in [2.75, 3.05) is 13.7 Å². The highest BCUT2D eigenvalue weighted by Gasteiger charge is 2.29. The fraction of sp³-hybridized carbons (Fsp3) is 0.231. The zero-order chi connectivity index (χ0) is 23.8. The maximum absolute atomic E-state index is 13.5. The minimum atomic E-state index is -3.76. The average Bonchev–Trinajstić information content (AvgIpc) is 2.83. The van der Waals surface area contributed by atoms with Gasteiger partial charge in [-0.3, -0.25) is 9.78 Å². The molecule has 0 fully saturated rings. The molecule has 3 rings (SSSR count). The molecule has 1 atom stereocenters. The van der Waals surface area contributed by atoms with E-state index < -0.39 is 15.1 Å². The van der Waals surface area contributed by atoms with Crippen molar-refractivity contribution in [1.82, 2.24) is 10.3 Å². The molecule has 1 unspecified atom stereocenters. The highest BCUT2D eigenvalue weighted by molar-refractivity contribution is 7.91. The van der Waals surface area contributed by atoms with Crippen LogP contribution in [0.15, 0.2) is 84.0 Å². The number of carbonyl (C=O) groups excluding carboxylic acids is 1. The second-order valence-electron chi connectivity index (χ2n) is 7.90. The van der Waals surface area contributed by atoms with Crippen LogP contribution in [-0.4, -0.2) is 33.0 Å². The Hall–Kier alpha value is -3.45. The number of ether oxygens (including phenoxy) is 1. The molecule has 0 aliphatic rings. The van der Waals surface area contributed by atoms with Gasteiger partial charge in [-0.05, 0) is 59.0 Å². The van der Waals surface area contributed by atoms with Crippen molar-refractivity contribution in [1.29, 1.82) is 0 Å². The lowest BCUT2D eigenvalue weighted by molar-refractivity contribution is -0.116. The molecular formula is C26H28N2O4S. The molecule has 1 amide bonds. The summed E-state index contributed by atoms with van der Waals surface area (Å²) in [5.74, 6) is 0.639. The third-order valence-corrected chi connectivity index (χ3v) is 7.43. The van der Waals surface area contributed by atoms with Crippen LogP contribution in [0.4, 0.5) is 0 Å². The van der Waals surface area contributed by atoms with E-state index in [0.29, 0.717) is 11.5 Å². The van der Waals surface area contributed by atoms with Crippen LogP contribution in [0.5, 0.6) is 5.75 Å². The number of methoxy groups -OCH3 is 1. The molecule has 0 bridgehead atoms. The third-order valence-electron chi connectivity index (χ3n) is 5.31. The molecule has 1 N–H and O–H groups in total. The topological polar surface area (TPSA) is 85.4 Å². The van der Waals surface area contributed by atoms with E-state index in [2.05, 4.69) is 24.1 Å². The zero-order valence-electron chi connectivity index (χ0n) is 18.9. The van der Waals surface area contributed by atoms with Crippen LogP contribution in [-0.2, 0) is 14.6 Å². The second kappa shape index (κ2) is 10.9. The van der Waals surface area contributed by atoms with Crippen LogP contribution in [0.25, 0.3) is 6.08 Å². The van der Waals surface area contributed by atoms with Gasteiger partial charge in [0.25, 0.3) is 0 Å². The van der Waals surface area contributed by atoms with Crippen LogP contribution < -0.4 is 10.1 Å². The molecule has 3 aromatic rings. The molecule has 1 heterocycles. The molecule has 1 aromatic heterocycles. The molecule has 0 spiro atoms. The first-order valence-electron chi connectivity index (χ1n) is 10.6. The van der Waals surface area contributed by atoms with Crippen LogP contribution in [0.1, 0.15) is 41.7 Å². The van der Waals surface area contributed by atoms with Crippen molar-refractivity contribution >= 4 is 21.8 Å². The first-order chi connectivity index (χ1) is 15.8. The van der Waals surface area contributed by atoms with E-state index >= 15 is 0 Å². The molecule has 6 nitrogen and oxygen atoms in total. The Morgan fingerprint density at radius 1 is 1.03 bits per heavy atom. The molecule has 0 aliphatic heterocycles. The van der Waals surface area contributed by atoms with Gasteiger partial charge in [0, 0.05) is 25.0 Å². The number of sulfone groups is 1. The fourth-order valence-corrected chi connectivity index (χ4v) is 4.96. The Kier molecular flexibility index (Phi) is 8.01. The Labute approximate surface area is 195 Å². The van der Waals surface area contributed by atoms with E-state index in [0.717, 1.165) is 16.9 Å². The van der Waals surface area contributed by atoms with E-state index in [1.54, 1.807) is 55.8 Å². The minimum absolute atomic E-state index is 0.0776. The molecule has 2 aromatic carbocycles. The fourth-order valence-electron chi connectivity index (χ4n) is 3.32. The number of hydrogen-bond acceptors (Lipinski definition) is 5. The van der Waals surface area contributed by atoms with E-state index in [9.17, 15) is 13.2 Å². The molecule has 33 heavy (non-hydrogen) atoms. The SMILES string of the molecule is COc1ccc(/C=C/C(=O)NCC(c2cccnc2)S(=O)(=O)c2ccc(C(C)C)cc2)cc1. The molecule has 0 aliphatic carbocycles. The van der Waals surface area contributed by atoms with Gasteiger partial charge in [-0.1, -0.05) is 44.2 Å². The number of nitrogens with zero attached hydrogens (tertiary/aromatic N) is 1. The van der Waals surface area contributed by atoms with Crippen LogP contribution in [0.3, 0.4) is 0 Å². The summed E-state index contributed by atoms with van der Waals surface area (Å²) in [6.07, 6.45) is 6.14. The Balaban J connectivity index is 1.78. The van der Waals surface area contributed by atoms with Crippen molar-refractivity contribution in [3.63, 3.8) is 0 Å². The lowest BCUT2D eigenvalue weighted by Gasteiger charge is -2.19. The third kappa shape index (κ3) is 6.29. The van der Waals surface area contributed by atoms with E-state index in [4.69, 9.17) is 4.74 Å². The molecule has 7 heteroatoms. The minimum Gasteiger partial charge on any atom is -0.497 e. The largest absolute Gasteiger partial charge is 0.497 e. The van der Waals surface area contributed by atoms with Gasteiger partial charge in [0.05, 0.1) is 12.0 Å². The Morgan fingerprint density at radius 3 is 2.30 bits per heavy atom. The molecule has 0 radical (unpaired) electrons. The van der Waals surface area contributed by atoms with Gasteiger partial charge in [-0.2, -0.15) is 0 Å². The van der Waals surface area contributed by atoms with Crippen LogP contribution in [0, 0.1) is 0 Å². The monoisotopic (exact) mass is 464 g/mol. The second-order valence-corrected chi connectivity index (χ2v) is 10.0. The van der Waals surface area contributed by atoms with Gasteiger partial charge in [-0.15, -0.1) is 0 Å².